The Morgan fingerprint density at radius 3 is 2.40 bits per heavy atom. The zero-order chi connectivity index (χ0) is 18.5. The van der Waals surface area contributed by atoms with Crippen LogP contribution in [-0.2, 0) is 10.0 Å². The van der Waals surface area contributed by atoms with E-state index in [4.69, 9.17) is 11.6 Å². The van der Waals surface area contributed by atoms with Crippen LogP contribution in [0.15, 0.2) is 48.0 Å². The second-order valence-electron chi connectivity index (χ2n) is 4.79. The van der Waals surface area contributed by atoms with Gasteiger partial charge in [-0.15, -0.1) is 0 Å². The van der Waals surface area contributed by atoms with E-state index in [1.54, 1.807) is 24.3 Å². The zero-order valence-corrected chi connectivity index (χ0v) is 14.1. The molecule has 10 heteroatoms. The van der Waals surface area contributed by atoms with Crippen molar-refractivity contribution >= 4 is 33.4 Å². The standard InChI is InChI=1S/C15H12ClF3N2O3S/c16-12-3-1-11(2-4-12)7-8-25(22,23)21-13-5-6-14(20-9-13)24-10-15(17,18)19/h1-9,21H,10H2. The summed E-state index contributed by atoms with van der Waals surface area (Å²) in [5, 5.41) is 1.47. The Balaban J connectivity index is 1.99. The van der Waals surface area contributed by atoms with Crippen molar-refractivity contribution in [2.24, 2.45) is 0 Å². The van der Waals surface area contributed by atoms with Crippen LogP contribution in [0.25, 0.3) is 6.08 Å². The first-order valence-corrected chi connectivity index (χ1v) is 8.67. The summed E-state index contributed by atoms with van der Waals surface area (Å²) < 4.78 is 66.6. The summed E-state index contributed by atoms with van der Waals surface area (Å²) in [5.41, 5.74) is 0.712. The minimum atomic E-state index is -4.48. The first-order chi connectivity index (χ1) is 11.6. The van der Waals surface area contributed by atoms with Gasteiger partial charge in [0.1, 0.15) is 0 Å². The first-order valence-electron chi connectivity index (χ1n) is 6.75. The third-order valence-electron chi connectivity index (χ3n) is 2.69. The van der Waals surface area contributed by atoms with Crippen LogP contribution >= 0.6 is 11.6 Å². The molecular formula is C15H12ClF3N2O3S. The smallest absolute Gasteiger partial charge is 0.422 e. The fourth-order valence-corrected chi connectivity index (χ4v) is 2.60. The lowest BCUT2D eigenvalue weighted by Crippen LogP contribution is -2.19. The molecule has 0 atom stereocenters. The number of rotatable bonds is 6. The van der Waals surface area contributed by atoms with Gasteiger partial charge in [0.15, 0.2) is 6.61 Å². The monoisotopic (exact) mass is 392 g/mol. The molecule has 5 nitrogen and oxygen atoms in total. The topological polar surface area (TPSA) is 68.3 Å². The fourth-order valence-electron chi connectivity index (χ4n) is 1.62. The van der Waals surface area contributed by atoms with Crippen molar-refractivity contribution in [3.8, 4) is 5.88 Å². The number of ether oxygens (including phenoxy) is 1. The van der Waals surface area contributed by atoms with Crippen LogP contribution in [0.5, 0.6) is 5.88 Å². The molecule has 25 heavy (non-hydrogen) atoms. The van der Waals surface area contributed by atoms with Crippen molar-refractivity contribution in [1.82, 2.24) is 4.98 Å². The average molecular weight is 393 g/mol. The largest absolute Gasteiger partial charge is 0.468 e. The molecule has 0 spiro atoms. The van der Waals surface area contributed by atoms with Crippen LogP contribution in [0.4, 0.5) is 18.9 Å². The van der Waals surface area contributed by atoms with Gasteiger partial charge in [-0.05, 0) is 29.8 Å². The van der Waals surface area contributed by atoms with E-state index in [1.165, 1.54) is 12.1 Å². The molecule has 0 radical (unpaired) electrons. The lowest BCUT2D eigenvalue weighted by Gasteiger charge is -2.09. The Hall–Kier alpha value is -2.26. The lowest BCUT2D eigenvalue weighted by molar-refractivity contribution is -0.154. The first kappa shape index (κ1) is 19.1. The van der Waals surface area contributed by atoms with Crippen molar-refractivity contribution in [2.45, 2.75) is 6.18 Å². The molecule has 0 aliphatic heterocycles. The van der Waals surface area contributed by atoms with E-state index < -0.39 is 22.8 Å². The number of sulfonamides is 1. The number of alkyl halides is 3. The highest BCUT2D eigenvalue weighted by Crippen LogP contribution is 2.19. The van der Waals surface area contributed by atoms with E-state index in [9.17, 15) is 21.6 Å². The number of pyridine rings is 1. The number of hydrogen-bond donors (Lipinski definition) is 1. The highest BCUT2D eigenvalue weighted by molar-refractivity contribution is 7.95. The number of aromatic nitrogens is 1. The minimum absolute atomic E-state index is 0.0834. The molecule has 0 aliphatic rings. The van der Waals surface area contributed by atoms with Crippen molar-refractivity contribution in [3.63, 3.8) is 0 Å². The van der Waals surface area contributed by atoms with Gasteiger partial charge in [0, 0.05) is 11.1 Å². The lowest BCUT2D eigenvalue weighted by atomic mass is 10.2. The Morgan fingerprint density at radius 1 is 1.16 bits per heavy atom. The molecule has 2 rings (SSSR count). The number of hydrogen-bond acceptors (Lipinski definition) is 4. The Labute approximate surface area is 147 Å². The maximum absolute atomic E-state index is 12.0. The Morgan fingerprint density at radius 2 is 1.84 bits per heavy atom. The SMILES string of the molecule is O=S(=O)(C=Cc1ccc(Cl)cc1)Nc1ccc(OCC(F)(F)F)nc1. The van der Waals surface area contributed by atoms with E-state index in [0.29, 0.717) is 10.6 Å². The van der Waals surface area contributed by atoms with Gasteiger partial charge in [0.25, 0.3) is 10.0 Å². The van der Waals surface area contributed by atoms with E-state index in [0.717, 1.165) is 17.7 Å². The molecule has 0 aliphatic carbocycles. The molecular weight excluding hydrogens is 381 g/mol. The summed E-state index contributed by atoms with van der Waals surface area (Å²) in [7, 11) is -3.82. The van der Waals surface area contributed by atoms with Crippen molar-refractivity contribution in [2.75, 3.05) is 11.3 Å². The van der Waals surface area contributed by atoms with Gasteiger partial charge in [-0.2, -0.15) is 13.2 Å². The molecule has 1 N–H and O–H groups in total. The zero-order valence-electron chi connectivity index (χ0n) is 12.5. The second-order valence-corrected chi connectivity index (χ2v) is 6.79. The summed E-state index contributed by atoms with van der Waals surface area (Å²) in [6.07, 6.45) is -2.05. The van der Waals surface area contributed by atoms with Crippen LogP contribution in [0.3, 0.4) is 0 Å². The third kappa shape index (κ3) is 7.02. The van der Waals surface area contributed by atoms with E-state index in [-0.39, 0.29) is 11.6 Å². The van der Waals surface area contributed by atoms with Crippen LogP contribution < -0.4 is 9.46 Å². The summed E-state index contributed by atoms with van der Waals surface area (Å²) in [6.45, 7) is -1.48. The maximum atomic E-state index is 12.0. The van der Waals surface area contributed by atoms with Crippen molar-refractivity contribution < 1.29 is 26.3 Å². The normalized spacial score (nSPS) is 12.3. The average Bonchev–Trinajstić information content (AvgIpc) is 2.53. The van der Waals surface area contributed by atoms with Crippen LogP contribution in [0.2, 0.25) is 5.02 Å². The van der Waals surface area contributed by atoms with Gasteiger partial charge in [0.05, 0.1) is 17.3 Å². The number of nitrogens with one attached hydrogen (secondary N) is 1. The molecule has 1 aromatic heterocycles. The number of benzene rings is 1. The van der Waals surface area contributed by atoms with Gasteiger partial charge in [-0.25, -0.2) is 13.4 Å². The van der Waals surface area contributed by atoms with Crippen molar-refractivity contribution in [3.05, 3.63) is 58.6 Å². The predicted molar refractivity (Wildman–Crippen MR) is 88.8 cm³/mol. The number of halogens is 4. The molecule has 2 aromatic rings. The third-order valence-corrected chi connectivity index (χ3v) is 3.96. The summed E-state index contributed by atoms with van der Waals surface area (Å²) >= 11 is 5.73. The van der Waals surface area contributed by atoms with Gasteiger partial charge in [-0.3, -0.25) is 4.72 Å². The molecule has 0 unspecified atom stereocenters. The molecule has 134 valence electrons. The van der Waals surface area contributed by atoms with Crippen molar-refractivity contribution in [1.29, 1.82) is 0 Å². The number of nitrogens with zero attached hydrogens (tertiary/aromatic N) is 1. The van der Waals surface area contributed by atoms with E-state index in [1.807, 2.05) is 0 Å². The predicted octanol–water partition coefficient (Wildman–Crippen LogP) is 4.09. The molecule has 0 bridgehead atoms. The Kier molecular flexibility index (Phi) is 5.91. The van der Waals surface area contributed by atoms with Crippen LogP contribution in [-0.4, -0.2) is 26.2 Å². The van der Waals surface area contributed by atoms with Gasteiger partial charge < -0.3 is 4.74 Å². The van der Waals surface area contributed by atoms with E-state index >= 15 is 0 Å². The minimum Gasteiger partial charge on any atom is -0.468 e. The highest BCUT2D eigenvalue weighted by atomic mass is 35.5. The van der Waals surface area contributed by atoms with Gasteiger partial charge >= 0.3 is 6.18 Å². The molecule has 0 amide bonds. The number of anilines is 1. The summed E-state index contributed by atoms with van der Waals surface area (Å²) in [5.74, 6) is -0.267. The fraction of sp³-hybridized carbons (Fsp3) is 0.133. The molecule has 1 heterocycles. The van der Waals surface area contributed by atoms with Gasteiger partial charge in [-0.1, -0.05) is 23.7 Å². The maximum Gasteiger partial charge on any atom is 0.422 e. The molecule has 0 saturated carbocycles. The van der Waals surface area contributed by atoms with Gasteiger partial charge in [0.2, 0.25) is 5.88 Å². The summed E-state index contributed by atoms with van der Waals surface area (Å²) in [6, 6.07) is 8.89. The quantitative estimate of drug-likeness (QED) is 0.804. The van der Waals surface area contributed by atoms with E-state index in [2.05, 4.69) is 14.4 Å². The second kappa shape index (κ2) is 7.75. The molecule has 0 saturated heterocycles. The van der Waals surface area contributed by atoms with Crippen LogP contribution in [0, 0.1) is 0 Å². The van der Waals surface area contributed by atoms with Crippen LogP contribution in [0.1, 0.15) is 5.56 Å². The Bertz CT molecular complexity index is 836. The highest BCUT2D eigenvalue weighted by Gasteiger charge is 2.28. The summed E-state index contributed by atoms with van der Waals surface area (Å²) in [4.78, 5) is 3.61. The molecule has 1 aromatic carbocycles. The molecule has 0 fully saturated rings.